The van der Waals surface area contributed by atoms with E-state index in [2.05, 4.69) is 5.32 Å². The van der Waals surface area contributed by atoms with Crippen LogP contribution in [0.5, 0.6) is 0 Å². The van der Waals surface area contributed by atoms with E-state index in [1.54, 1.807) is 0 Å². The quantitative estimate of drug-likeness (QED) is 0.482. The third-order valence-corrected chi connectivity index (χ3v) is 1.95. The van der Waals surface area contributed by atoms with Crippen LogP contribution in [0.2, 0.25) is 0 Å². The van der Waals surface area contributed by atoms with Gasteiger partial charge in [0.15, 0.2) is 23.3 Å². The lowest BCUT2D eigenvalue weighted by molar-refractivity contribution is 0.381. The van der Waals surface area contributed by atoms with Gasteiger partial charge < -0.3 is 11.1 Å². The lowest BCUT2D eigenvalue weighted by atomic mass is 10.2. The summed E-state index contributed by atoms with van der Waals surface area (Å²) in [5.41, 5.74) is 4.10. The van der Waals surface area contributed by atoms with Crippen LogP contribution in [-0.2, 0) is 0 Å². The van der Waals surface area contributed by atoms with E-state index < -0.39 is 40.8 Å². The van der Waals surface area contributed by atoms with Crippen molar-refractivity contribution in [2.75, 3.05) is 11.9 Å². The van der Waals surface area contributed by atoms with Crippen molar-refractivity contribution in [3.63, 3.8) is 0 Å². The largest absolute Gasteiger partial charge is 0.376 e. The number of hydrogen-bond acceptors (Lipinski definition) is 2. The van der Waals surface area contributed by atoms with E-state index in [1.807, 2.05) is 0 Å². The molecule has 0 saturated heterocycles. The van der Waals surface area contributed by atoms with Crippen LogP contribution in [0.4, 0.5) is 27.6 Å². The zero-order valence-corrected chi connectivity index (χ0v) is 8.25. The summed E-state index contributed by atoms with van der Waals surface area (Å²) >= 11 is 0. The van der Waals surface area contributed by atoms with E-state index in [9.17, 15) is 22.0 Å². The molecule has 0 amide bonds. The van der Waals surface area contributed by atoms with Crippen LogP contribution in [0.1, 0.15) is 6.92 Å². The van der Waals surface area contributed by atoms with Crippen LogP contribution < -0.4 is 11.1 Å². The number of anilines is 1. The summed E-state index contributed by atoms with van der Waals surface area (Å²) in [6.07, 6.45) is 0. The van der Waals surface area contributed by atoms with Gasteiger partial charge >= 0.3 is 0 Å². The molecule has 0 aliphatic carbocycles. The lowest BCUT2D eigenvalue weighted by Crippen LogP contribution is -2.27. The molecule has 1 unspecified atom stereocenters. The molecule has 0 aromatic heterocycles. The Hall–Kier alpha value is -1.37. The first-order valence-electron chi connectivity index (χ1n) is 4.38. The normalized spacial score (nSPS) is 12.7. The van der Waals surface area contributed by atoms with Crippen molar-refractivity contribution in [1.29, 1.82) is 0 Å². The predicted octanol–water partition coefficient (Wildman–Crippen LogP) is 2.14. The summed E-state index contributed by atoms with van der Waals surface area (Å²) in [5.74, 6) is -9.93. The Morgan fingerprint density at radius 1 is 0.938 bits per heavy atom. The Morgan fingerprint density at radius 3 is 1.69 bits per heavy atom. The van der Waals surface area contributed by atoms with Crippen molar-refractivity contribution in [1.82, 2.24) is 0 Å². The van der Waals surface area contributed by atoms with Crippen molar-refractivity contribution in [2.24, 2.45) is 5.73 Å². The second-order valence-electron chi connectivity index (χ2n) is 3.23. The standard InChI is InChI=1S/C9H9F5N2/c1-3(2-15)16-9-7(13)5(11)4(10)6(12)8(9)14/h3,16H,2,15H2,1H3. The molecule has 0 spiro atoms. The molecule has 1 aromatic carbocycles. The number of nitrogens with one attached hydrogen (secondary N) is 1. The molecule has 0 saturated carbocycles. The first-order valence-corrected chi connectivity index (χ1v) is 4.38. The number of nitrogens with two attached hydrogens (primary N) is 1. The van der Waals surface area contributed by atoms with Gasteiger partial charge in [-0.05, 0) is 6.92 Å². The first kappa shape index (κ1) is 12.7. The SMILES string of the molecule is CC(CN)Nc1c(F)c(F)c(F)c(F)c1F. The van der Waals surface area contributed by atoms with Crippen molar-refractivity contribution in [3.05, 3.63) is 29.1 Å². The van der Waals surface area contributed by atoms with E-state index in [0.717, 1.165) is 0 Å². The zero-order valence-electron chi connectivity index (χ0n) is 8.25. The number of rotatable bonds is 3. The maximum absolute atomic E-state index is 13.1. The number of benzene rings is 1. The summed E-state index contributed by atoms with van der Waals surface area (Å²) in [6, 6.07) is -0.617. The molecule has 0 fully saturated rings. The molecule has 7 heteroatoms. The van der Waals surface area contributed by atoms with Gasteiger partial charge in [0.2, 0.25) is 5.82 Å². The van der Waals surface area contributed by atoms with Crippen LogP contribution in [0.25, 0.3) is 0 Å². The number of hydrogen-bond donors (Lipinski definition) is 2. The van der Waals surface area contributed by atoms with E-state index in [0.29, 0.717) is 0 Å². The average Bonchev–Trinajstić information content (AvgIpc) is 2.29. The maximum Gasteiger partial charge on any atom is 0.200 e. The van der Waals surface area contributed by atoms with Crippen molar-refractivity contribution < 1.29 is 22.0 Å². The van der Waals surface area contributed by atoms with Gasteiger partial charge in [0.05, 0.1) is 0 Å². The topological polar surface area (TPSA) is 38.0 Å². The van der Waals surface area contributed by atoms with Gasteiger partial charge in [-0.1, -0.05) is 0 Å². The summed E-state index contributed by atoms with van der Waals surface area (Å²) in [7, 11) is 0. The average molecular weight is 240 g/mol. The highest BCUT2D eigenvalue weighted by Crippen LogP contribution is 2.27. The third-order valence-electron chi connectivity index (χ3n) is 1.95. The van der Waals surface area contributed by atoms with E-state index in [1.165, 1.54) is 6.92 Å². The Labute approximate surface area is 88.2 Å². The molecular formula is C9H9F5N2. The summed E-state index contributed by atoms with van der Waals surface area (Å²) in [4.78, 5) is 0. The zero-order chi connectivity index (χ0) is 12.5. The Morgan fingerprint density at radius 2 is 1.31 bits per heavy atom. The minimum atomic E-state index is -2.18. The highest BCUT2D eigenvalue weighted by atomic mass is 19.2. The Kier molecular flexibility index (Phi) is 3.69. The Bertz CT molecular complexity index is 378. The van der Waals surface area contributed by atoms with Crippen LogP contribution in [0.15, 0.2) is 0 Å². The minimum absolute atomic E-state index is 0.0144. The number of halogens is 5. The van der Waals surface area contributed by atoms with Crippen molar-refractivity contribution in [2.45, 2.75) is 13.0 Å². The second-order valence-corrected chi connectivity index (χ2v) is 3.23. The summed E-state index contributed by atoms with van der Waals surface area (Å²) < 4.78 is 64.2. The van der Waals surface area contributed by atoms with Gasteiger partial charge in [0.25, 0.3) is 0 Å². The molecule has 0 heterocycles. The summed E-state index contributed by atoms with van der Waals surface area (Å²) in [6.45, 7) is 1.43. The Balaban J connectivity index is 3.28. The first-order chi connectivity index (χ1) is 7.40. The molecule has 0 aliphatic heterocycles. The molecule has 16 heavy (non-hydrogen) atoms. The van der Waals surface area contributed by atoms with Gasteiger partial charge in [0.1, 0.15) is 5.69 Å². The fourth-order valence-electron chi connectivity index (χ4n) is 1.04. The summed E-state index contributed by atoms with van der Waals surface area (Å²) in [5, 5.41) is 2.12. The second kappa shape index (κ2) is 4.65. The fourth-order valence-corrected chi connectivity index (χ4v) is 1.04. The molecule has 90 valence electrons. The molecule has 1 rings (SSSR count). The van der Waals surface area contributed by atoms with Crippen molar-refractivity contribution >= 4 is 5.69 Å². The van der Waals surface area contributed by atoms with Crippen LogP contribution >= 0.6 is 0 Å². The fraction of sp³-hybridized carbons (Fsp3) is 0.333. The van der Waals surface area contributed by atoms with Gasteiger partial charge in [-0.2, -0.15) is 0 Å². The smallest absolute Gasteiger partial charge is 0.200 e. The molecule has 2 nitrogen and oxygen atoms in total. The predicted molar refractivity (Wildman–Crippen MR) is 48.4 cm³/mol. The molecule has 3 N–H and O–H groups in total. The third kappa shape index (κ3) is 2.08. The molecule has 0 radical (unpaired) electrons. The molecule has 1 atom stereocenters. The molecular weight excluding hydrogens is 231 g/mol. The van der Waals surface area contributed by atoms with Crippen LogP contribution in [-0.4, -0.2) is 12.6 Å². The van der Waals surface area contributed by atoms with E-state index in [4.69, 9.17) is 5.73 Å². The van der Waals surface area contributed by atoms with Crippen LogP contribution in [0, 0.1) is 29.1 Å². The molecule has 1 aromatic rings. The van der Waals surface area contributed by atoms with Gasteiger partial charge in [-0.3, -0.25) is 0 Å². The highest BCUT2D eigenvalue weighted by Gasteiger charge is 2.26. The van der Waals surface area contributed by atoms with Gasteiger partial charge in [0, 0.05) is 12.6 Å². The molecule has 0 aliphatic rings. The van der Waals surface area contributed by atoms with Gasteiger partial charge in [-0.15, -0.1) is 0 Å². The van der Waals surface area contributed by atoms with Crippen molar-refractivity contribution in [3.8, 4) is 0 Å². The van der Waals surface area contributed by atoms with Crippen LogP contribution in [0.3, 0.4) is 0 Å². The van der Waals surface area contributed by atoms with E-state index in [-0.39, 0.29) is 6.54 Å². The van der Waals surface area contributed by atoms with E-state index >= 15 is 0 Å². The highest BCUT2D eigenvalue weighted by molar-refractivity contribution is 5.48. The monoisotopic (exact) mass is 240 g/mol. The van der Waals surface area contributed by atoms with Gasteiger partial charge in [-0.25, -0.2) is 22.0 Å². The minimum Gasteiger partial charge on any atom is -0.376 e. The lowest BCUT2D eigenvalue weighted by Gasteiger charge is -2.15. The molecule has 0 bridgehead atoms. The maximum atomic E-state index is 13.1.